The van der Waals surface area contributed by atoms with Crippen LogP contribution in [0.25, 0.3) is 11.0 Å². The molecule has 4 aliphatic carbocycles. The molecule has 27 heavy (non-hydrogen) atoms. The molecule has 4 aliphatic rings. The van der Waals surface area contributed by atoms with Gasteiger partial charge in [0.25, 0.3) is 5.91 Å². The van der Waals surface area contributed by atoms with Crippen LogP contribution in [-0.4, -0.2) is 34.9 Å². The molecule has 6 heteroatoms. The van der Waals surface area contributed by atoms with Gasteiger partial charge in [-0.2, -0.15) is 0 Å². The molecule has 4 saturated carbocycles. The number of nitrogens with zero attached hydrogens (tertiary/aromatic N) is 1. The Bertz CT molecular complexity index is 852. The van der Waals surface area contributed by atoms with Crippen molar-refractivity contribution in [2.75, 3.05) is 13.1 Å². The molecule has 1 aromatic heterocycles. The highest BCUT2D eigenvalue weighted by Crippen LogP contribution is 2.60. The number of nitrogens with one attached hydrogen (secondary N) is 3. The van der Waals surface area contributed by atoms with E-state index in [2.05, 4.69) is 20.6 Å². The smallest absolute Gasteiger partial charge is 0.251 e. The topological polar surface area (TPSA) is 86.9 Å². The Balaban J connectivity index is 1.13. The minimum atomic E-state index is -0.129. The van der Waals surface area contributed by atoms with Gasteiger partial charge in [0.2, 0.25) is 5.91 Å². The second-order valence-corrected chi connectivity index (χ2v) is 8.84. The summed E-state index contributed by atoms with van der Waals surface area (Å²) in [5.41, 5.74) is 2.16. The number of carbonyl (C=O) groups excluding carboxylic acids is 2. The lowest BCUT2D eigenvalue weighted by molar-refractivity contribution is -0.146. The lowest BCUT2D eigenvalue weighted by Crippen LogP contribution is -2.54. The molecule has 1 aromatic carbocycles. The number of imidazole rings is 1. The average Bonchev–Trinajstić information content (AvgIpc) is 3.11. The Kier molecular flexibility index (Phi) is 3.95. The number of carbonyl (C=O) groups is 2. The molecule has 6 nitrogen and oxygen atoms in total. The number of amides is 2. The summed E-state index contributed by atoms with van der Waals surface area (Å²) in [5, 5.41) is 6.00. The van der Waals surface area contributed by atoms with Crippen molar-refractivity contribution in [1.29, 1.82) is 0 Å². The monoisotopic (exact) mass is 366 g/mol. The Labute approximate surface area is 158 Å². The van der Waals surface area contributed by atoms with Gasteiger partial charge in [-0.25, -0.2) is 4.98 Å². The van der Waals surface area contributed by atoms with E-state index in [9.17, 15) is 9.59 Å². The standard InChI is InChI=1S/C21H26N4O2/c26-19(16-1-2-17-18(8-16)25-12-24-17)22-3-4-23-20(27)21-9-13-5-14(10-21)7-15(6-13)11-21/h1-2,8,12-15H,3-7,9-11H2,(H,22,26)(H,23,27)(H,24,25). The number of aromatic nitrogens is 2. The second kappa shape index (κ2) is 6.36. The van der Waals surface area contributed by atoms with Gasteiger partial charge in [-0.15, -0.1) is 0 Å². The van der Waals surface area contributed by atoms with Crippen molar-refractivity contribution in [1.82, 2.24) is 20.6 Å². The Morgan fingerprint density at radius 1 is 1.04 bits per heavy atom. The maximum absolute atomic E-state index is 12.9. The van der Waals surface area contributed by atoms with Crippen molar-refractivity contribution in [3.63, 3.8) is 0 Å². The van der Waals surface area contributed by atoms with E-state index in [-0.39, 0.29) is 17.2 Å². The van der Waals surface area contributed by atoms with Crippen LogP contribution in [0.15, 0.2) is 24.5 Å². The number of benzene rings is 1. The zero-order valence-electron chi connectivity index (χ0n) is 15.5. The van der Waals surface area contributed by atoms with Gasteiger partial charge in [-0.3, -0.25) is 9.59 Å². The summed E-state index contributed by atoms with van der Waals surface area (Å²) < 4.78 is 0. The number of hydrogen-bond acceptors (Lipinski definition) is 3. The van der Waals surface area contributed by atoms with Crippen molar-refractivity contribution in [3.8, 4) is 0 Å². The van der Waals surface area contributed by atoms with Crippen molar-refractivity contribution >= 4 is 22.8 Å². The lowest BCUT2D eigenvalue weighted by atomic mass is 9.49. The highest BCUT2D eigenvalue weighted by Gasteiger charge is 2.54. The normalized spacial score (nSPS) is 31.2. The van der Waals surface area contributed by atoms with Crippen molar-refractivity contribution in [3.05, 3.63) is 30.1 Å². The molecule has 2 aromatic rings. The van der Waals surface area contributed by atoms with Crippen LogP contribution in [0.5, 0.6) is 0 Å². The summed E-state index contributed by atoms with van der Waals surface area (Å²) in [6.45, 7) is 0.927. The molecule has 142 valence electrons. The molecule has 2 amide bonds. The first-order valence-electron chi connectivity index (χ1n) is 10.1. The number of rotatable bonds is 5. The van der Waals surface area contributed by atoms with Gasteiger partial charge in [-0.05, 0) is 74.5 Å². The van der Waals surface area contributed by atoms with Gasteiger partial charge >= 0.3 is 0 Å². The zero-order valence-corrected chi connectivity index (χ0v) is 15.5. The van der Waals surface area contributed by atoms with Crippen LogP contribution in [0.2, 0.25) is 0 Å². The van der Waals surface area contributed by atoms with Crippen LogP contribution in [0, 0.1) is 23.2 Å². The van der Waals surface area contributed by atoms with Gasteiger partial charge < -0.3 is 15.6 Å². The molecular formula is C21H26N4O2. The molecule has 0 spiro atoms. The summed E-state index contributed by atoms with van der Waals surface area (Å²) in [6.07, 6.45) is 8.84. The molecule has 4 bridgehead atoms. The number of fused-ring (bicyclic) bond motifs is 1. The third-order valence-electron chi connectivity index (χ3n) is 6.90. The average molecular weight is 366 g/mol. The molecule has 6 rings (SSSR count). The van der Waals surface area contributed by atoms with Gasteiger partial charge in [-0.1, -0.05) is 0 Å². The Morgan fingerprint density at radius 2 is 1.70 bits per heavy atom. The zero-order chi connectivity index (χ0) is 18.4. The van der Waals surface area contributed by atoms with Gasteiger partial charge in [0.05, 0.1) is 17.4 Å². The third kappa shape index (κ3) is 3.01. The lowest BCUT2D eigenvalue weighted by Gasteiger charge is -2.55. The molecule has 0 unspecified atom stereocenters. The Hall–Kier alpha value is -2.37. The van der Waals surface area contributed by atoms with Gasteiger partial charge in [0.15, 0.2) is 0 Å². The molecule has 4 fully saturated rings. The molecule has 0 atom stereocenters. The van der Waals surface area contributed by atoms with E-state index in [1.54, 1.807) is 18.5 Å². The number of aromatic amines is 1. The SMILES string of the molecule is O=C(NCCNC(=O)C12CC3CC(CC(C3)C1)C2)c1ccc2nc[nH]c2c1. The van der Waals surface area contributed by atoms with Crippen LogP contribution < -0.4 is 10.6 Å². The summed E-state index contributed by atoms with van der Waals surface area (Å²) in [5.74, 6) is 2.38. The predicted molar refractivity (Wildman–Crippen MR) is 102 cm³/mol. The van der Waals surface area contributed by atoms with Crippen molar-refractivity contribution in [2.45, 2.75) is 38.5 Å². The molecular weight excluding hydrogens is 340 g/mol. The fourth-order valence-electron chi connectivity index (χ4n) is 6.11. The molecule has 0 aliphatic heterocycles. The van der Waals surface area contributed by atoms with Crippen LogP contribution in [-0.2, 0) is 4.79 Å². The number of H-pyrrole nitrogens is 1. The summed E-state index contributed by atoms with van der Waals surface area (Å²) >= 11 is 0. The highest BCUT2D eigenvalue weighted by atomic mass is 16.2. The summed E-state index contributed by atoms with van der Waals surface area (Å²) in [4.78, 5) is 32.4. The maximum atomic E-state index is 12.9. The quantitative estimate of drug-likeness (QED) is 0.711. The van der Waals surface area contributed by atoms with Crippen molar-refractivity contribution < 1.29 is 9.59 Å². The summed E-state index contributed by atoms with van der Waals surface area (Å²) in [7, 11) is 0. The second-order valence-electron chi connectivity index (χ2n) is 8.84. The fourth-order valence-corrected chi connectivity index (χ4v) is 6.11. The van der Waals surface area contributed by atoms with E-state index >= 15 is 0 Å². The van der Waals surface area contributed by atoms with Crippen LogP contribution in [0.1, 0.15) is 48.9 Å². The van der Waals surface area contributed by atoms with Crippen LogP contribution in [0.4, 0.5) is 0 Å². The minimum absolute atomic E-state index is 0.121. The van der Waals surface area contributed by atoms with Gasteiger partial charge in [0, 0.05) is 24.1 Å². The van der Waals surface area contributed by atoms with E-state index in [0.29, 0.717) is 18.7 Å². The Morgan fingerprint density at radius 3 is 2.41 bits per heavy atom. The van der Waals surface area contributed by atoms with Crippen LogP contribution in [0.3, 0.4) is 0 Å². The van der Waals surface area contributed by atoms with E-state index in [0.717, 1.165) is 48.0 Å². The fraction of sp³-hybridized carbons (Fsp3) is 0.571. The molecule has 1 heterocycles. The first-order chi connectivity index (χ1) is 13.1. The van der Waals surface area contributed by atoms with E-state index in [1.807, 2.05) is 6.07 Å². The van der Waals surface area contributed by atoms with E-state index in [1.165, 1.54) is 19.3 Å². The predicted octanol–water partition coefficient (Wildman–Crippen LogP) is 2.63. The first kappa shape index (κ1) is 16.8. The molecule has 0 saturated heterocycles. The number of hydrogen-bond donors (Lipinski definition) is 3. The van der Waals surface area contributed by atoms with E-state index < -0.39 is 0 Å². The molecule has 0 radical (unpaired) electrons. The third-order valence-corrected chi connectivity index (χ3v) is 6.90. The van der Waals surface area contributed by atoms with Crippen molar-refractivity contribution in [2.24, 2.45) is 23.2 Å². The minimum Gasteiger partial charge on any atom is -0.354 e. The van der Waals surface area contributed by atoms with Gasteiger partial charge in [0.1, 0.15) is 0 Å². The molecule has 3 N–H and O–H groups in total. The van der Waals surface area contributed by atoms with Crippen LogP contribution >= 0.6 is 0 Å². The van der Waals surface area contributed by atoms with E-state index in [4.69, 9.17) is 0 Å². The summed E-state index contributed by atoms with van der Waals surface area (Å²) in [6, 6.07) is 5.40. The first-order valence-corrected chi connectivity index (χ1v) is 10.1. The highest BCUT2D eigenvalue weighted by molar-refractivity contribution is 5.97. The largest absolute Gasteiger partial charge is 0.354 e. The maximum Gasteiger partial charge on any atom is 0.251 e.